The van der Waals surface area contributed by atoms with Crippen molar-refractivity contribution in [3.63, 3.8) is 0 Å². The van der Waals surface area contributed by atoms with Gasteiger partial charge in [0.15, 0.2) is 0 Å². The fraction of sp³-hybridized carbons (Fsp3) is 0.455. The lowest BCUT2D eigenvalue weighted by Gasteiger charge is -2.23. The van der Waals surface area contributed by atoms with Gasteiger partial charge in [0, 0.05) is 50.4 Å². The van der Waals surface area contributed by atoms with Crippen LogP contribution in [0, 0.1) is 0 Å². The van der Waals surface area contributed by atoms with Gasteiger partial charge in [-0.2, -0.15) is 0 Å². The molecule has 0 aliphatic carbocycles. The van der Waals surface area contributed by atoms with Crippen LogP contribution in [0.15, 0.2) is 36.4 Å². The van der Waals surface area contributed by atoms with Gasteiger partial charge in [0.25, 0.3) is 0 Å². The van der Waals surface area contributed by atoms with Crippen molar-refractivity contribution in [2.45, 2.75) is 13.1 Å². The zero-order valence-electron chi connectivity index (χ0n) is 17.9. The lowest BCUT2D eigenvalue weighted by Crippen LogP contribution is -2.35. The Hall–Kier alpha value is -2.48. The van der Waals surface area contributed by atoms with Gasteiger partial charge in [-0.1, -0.05) is 0 Å². The molecule has 0 spiro atoms. The van der Waals surface area contributed by atoms with Crippen LogP contribution < -0.4 is 30.0 Å². The molecule has 2 aromatic carbocycles. The fourth-order valence-electron chi connectivity index (χ4n) is 3.18. The number of nitrogens with one attached hydrogen (secondary N) is 1. The van der Waals surface area contributed by atoms with Crippen LogP contribution in [-0.4, -0.2) is 59.5 Å². The smallest absolute Gasteiger partial charge is 0.123 e. The van der Waals surface area contributed by atoms with E-state index in [9.17, 15) is 0 Å². The number of hydrogen-bond donors (Lipinski definition) is 2. The van der Waals surface area contributed by atoms with Crippen LogP contribution in [0.25, 0.3) is 0 Å². The van der Waals surface area contributed by atoms with Crippen molar-refractivity contribution in [3.05, 3.63) is 47.5 Å². The molecule has 2 aromatic rings. The predicted molar refractivity (Wildman–Crippen MR) is 115 cm³/mol. The van der Waals surface area contributed by atoms with Crippen LogP contribution in [0.4, 0.5) is 0 Å². The predicted octanol–water partition coefficient (Wildman–Crippen LogP) is 2.27. The molecule has 0 amide bonds. The highest BCUT2D eigenvalue weighted by Gasteiger charge is 2.11. The number of nitrogens with zero attached hydrogens (tertiary/aromatic N) is 1. The molecule has 0 heterocycles. The van der Waals surface area contributed by atoms with Gasteiger partial charge >= 0.3 is 0 Å². The number of rotatable bonds is 13. The molecule has 0 radical (unpaired) electrons. The van der Waals surface area contributed by atoms with Gasteiger partial charge < -0.3 is 30.0 Å². The molecule has 0 bridgehead atoms. The Morgan fingerprint density at radius 3 is 1.93 bits per heavy atom. The molecule has 0 aliphatic heterocycles. The molecule has 0 aliphatic rings. The SMILES string of the molecule is COc1ccc(OC)c(CNCCN(CCN)Cc2cc(OC)ccc2OC)c1. The number of ether oxygens (including phenoxy) is 4. The first-order valence-electron chi connectivity index (χ1n) is 9.70. The maximum atomic E-state index is 5.83. The Morgan fingerprint density at radius 2 is 1.38 bits per heavy atom. The topological polar surface area (TPSA) is 78.2 Å². The van der Waals surface area contributed by atoms with E-state index in [1.807, 2.05) is 36.4 Å². The maximum Gasteiger partial charge on any atom is 0.123 e. The fourth-order valence-corrected chi connectivity index (χ4v) is 3.18. The third-order valence-corrected chi connectivity index (χ3v) is 4.73. The lowest BCUT2D eigenvalue weighted by atomic mass is 10.1. The van der Waals surface area contributed by atoms with Crippen LogP contribution in [-0.2, 0) is 13.1 Å². The van der Waals surface area contributed by atoms with Crippen LogP contribution in [0.5, 0.6) is 23.0 Å². The Balaban J connectivity index is 1.95. The summed E-state index contributed by atoms with van der Waals surface area (Å²) in [5.74, 6) is 3.33. The first-order chi connectivity index (χ1) is 14.1. The number of nitrogens with two attached hydrogens (primary N) is 1. The monoisotopic (exact) mass is 403 g/mol. The molecule has 7 nitrogen and oxygen atoms in total. The molecule has 2 rings (SSSR count). The van der Waals surface area contributed by atoms with E-state index < -0.39 is 0 Å². The maximum absolute atomic E-state index is 5.83. The molecule has 29 heavy (non-hydrogen) atoms. The minimum Gasteiger partial charge on any atom is -0.497 e. The summed E-state index contributed by atoms with van der Waals surface area (Å²) in [6, 6.07) is 11.7. The molecule has 160 valence electrons. The van der Waals surface area contributed by atoms with E-state index in [0.29, 0.717) is 13.1 Å². The van der Waals surface area contributed by atoms with E-state index in [0.717, 1.165) is 60.3 Å². The number of benzene rings is 2. The third-order valence-electron chi connectivity index (χ3n) is 4.73. The Morgan fingerprint density at radius 1 is 0.793 bits per heavy atom. The highest BCUT2D eigenvalue weighted by molar-refractivity contribution is 5.41. The van der Waals surface area contributed by atoms with Crippen LogP contribution in [0.3, 0.4) is 0 Å². The van der Waals surface area contributed by atoms with E-state index in [-0.39, 0.29) is 0 Å². The zero-order chi connectivity index (χ0) is 21.1. The molecule has 7 heteroatoms. The second kappa shape index (κ2) is 12.2. The molecule has 0 unspecified atom stereocenters. The van der Waals surface area contributed by atoms with Gasteiger partial charge in [0.1, 0.15) is 23.0 Å². The van der Waals surface area contributed by atoms with Crippen molar-refractivity contribution in [1.29, 1.82) is 0 Å². The summed E-state index contributed by atoms with van der Waals surface area (Å²) in [5, 5.41) is 3.48. The second-order valence-corrected chi connectivity index (χ2v) is 6.60. The van der Waals surface area contributed by atoms with Gasteiger partial charge in [0.05, 0.1) is 28.4 Å². The molecule has 0 fully saturated rings. The summed E-state index contributed by atoms with van der Waals surface area (Å²) >= 11 is 0. The average Bonchev–Trinajstić information content (AvgIpc) is 2.76. The molecule has 0 aromatic heterocycles. The van der Waals surface area contributed by atoms with Crippen LogP contribution in [0.1, 0.15) is 11.1 Å². The van der Waals surface area contributed by atoms with Gasteiger partial charge in [-0.25, -0.2) is 0 Å². The summed E-state index contributed by atoms with van der Waals surface area (Å²) in [4.78, 5) is 2.30. The van der Waals surface area contributed by atoms with Crippen LogP contribution >= 0.6 is 0 Å². The quantitative estimate of drug-likeness (QED) is 0.497. The summed E-state index contributed by atoms with van der Waals surface area (Å²) in [5.41, 5.74) is 7.97. The highest BCUT2D eigenvalue weighted by atomic mass is 16.5. The Labute approximate surface area is 173 Å². The van der Waals surface area contributed by atoms with E-state index in [1.165, 1.54) is 0 Å². The highest BCUT2D eigenvalue weighted by Crippen LogP contribution is 2.25. The molecule has 0 saturated carbocycles. The molecular weight excluding hydrogens is 370 g/mol. The minimum atomic E-state index is 0.593. The van der Waals surface area contributed by atoms with Crippen molar-refractivity contribution in [1.82, 2.24) is 10.2 Å². The lowest BCUT2D eigenvalue weighted by molar-refractivity contribution is 0.266. The van der Waals surface area contributed by atoms with Gasteiger partial charge in [-0.15, -0.1) is 0 Å². The Bertz CT molecular complexity index is 755. The standard InChI is InChI=1S/C22H33N3O4/c1-26-19-5-7-21(28-3)17(13-19)15-24-10-12-25(11-9-23)16-18-14-20(27-2)6-8-22(18)29-4/h5-8,13-14,24H,9-12,15-16,23H2,1-4H3. The summed E-state index contributed by atoms with van der Waals surface area (Å²) < 4.78 is 21.6. The van der Waals surface area contributed by atoms with E-state index in [4.69, 9.17) is 24.7 Å². The molecule has 0 saturated heterocycles. The molecule has 0 atom stereocenters. The first kappa shape index (κ1) is 22.8. The number of hydrogen-bond acceptors (Lipinski definition) is 7. The van der Waals surface area contributed by atoms with Crippen molar-refractivity contribution in [2.75, 3.05) is 54.6 Å². The normalized spacial score (nSPS) is 10.8. The minimum absolute atomic E-state index is 0.593. The first-order valence-corrected chi connectivity index (χ1v) is 9.70. The average molecular weight is 404 g/mol. The van der Waals surface area contributed by atoms with Gasteiger partial charge in [0.2, 0.25) is 0 Å². The number of methoxy groups -OCH3 is 4. The van der Waals surface area contributed by atoms with Crippen molar-refractivity contribution < 1.29 is 18.9 Å². The summed E-state index contributed by atoms with van der Waals surface area (Å²) in [6.07, 6.45) is 0. The Kier molecular flexibility index (Phi) is 9.56. The van der Waals surface area contributed by atoms with Crippen molar-refractivity contribution in [3.8, 4) is 23.0 Å². The van der Waals surface area contributed by atoms with Crippen molar-refractivity contribution in [2.24, 2.45) is 5.73 Å². The van der Waals surface area contributed by atoms with E-state index in [1.54, 1.807) is 28.4 Å². The van der Waals surface area contributed by atoms with E-state index >= 15 is 0 Å². The summed E-state index contributed by atoms with van der Waals surface area (Å²) in [6.45, 7) is 4.48. The van der Waals surface area contributed by atoms with Crippen molar-refractivity contribution >= 4 is 0 Å². The van der Waals surface area contributed by atoms with E-state index in [2.05, 4.69) is 10.2 Å². The van der Waals surface area contributed by atoms with Gasteiger partial charge in [-0.3, -0.25) is 4.90 Å². The molecular formula is C22H33N3O4. The summed E-state index contributed by atoms with van der Waals surface area (Å²) in [7, 11) is 6.69. The molecule has 3 N–H and O–H groups in total. The van der Waals surface area contributed by atoms with Crippen LogP contribution in [0.2, 0.25) is 0 Å². The third kappa shape index (κ3) is 6.81. The van der Waals surface area contributed by atoms with Gasteiger partial charge in [-0.05, 0) is 36.4 Å². The zero-order valence-corrected chi connectivity index (χ0v) is 17.9. The second-order valence-electron chi connectivity index (χ2n) is 6.60. The largest absolute Gasteiger partial charge is 0.497 e.